The minimum Gasteiger partial charge on any atom is -0.376 e. The molecular weight excluding hydrogens is 481 g/mol. The molecule has 1 aliphatic carbocycles. The molecule has 1 amide bonds. The van der Waals surface area contributed by atoms with E-state index in [1.807, 2.05) is 0 Å². The molecule has 1 saturated heterocycles. The summed E-state index contributed by atoms with van der Waals surface area (Å²) < 4.78 is 20.6. The molecule has 2 heterocycles. The van der Waals surface area contributed by atoms with Gasteiger partial charge in [-0.1, -0.05) is 24.6 Å². The largest absolute Gasteiger partial charge is 0.376 e. The molecule has 7 nitrogen and oxygen atoms in total. The molecule has 1 N–H and O–H groups in total. The molecule has 2 aliphatic rings. The molecule has 1 aromatic heterocycles. The maximum atomic E-state index is 13.5. The average molecular weight is 510 g/mol. The summed E-state index contributed by atoms with van der Waals surface area (Å²) in [5, 5.41) is 3.88. The van der Waals surface area contributed by atoms with Crippen molar-refractivity contribution in [3.05, 3.63) is 69.8 Å². The molecular formula is C27H28FN3O4S. The second-order valence-corrected chi connectivity index (χ2v) is 10.3. The van der Waals surface area contributed by atoms with Gasteiger partial charge in [-0.2, -0.15) is 0 Å². The maximum Gasteiger partial charge on any atom is 0.262 e. The number of halogens is 1. The van der Waals surface area contributed by atoms with E-state index in [1.54, 1.807) is 22.8 Å². The highest BCUT2D eigenvalue weighted by molar-refractivity contribution is 7.99. The van der Waals surface area contributed by atoms with Gasteiger partial charge in [-0.15, -0.1) is 0 Å². The number of aromatic nitrogens is 2. The lowest BCUT2D eigenvalue weighted by Crippen LogP contribution is -2.32. The van der Waals surface area contributed by atoms with E-state index in [4.69, 9.17) is 9.72 Å². The van der Waals surface area contributed by atoms with Crippen LogP contribution >= 0.6 is 11.8 Å². The summed E-state index contributed by atoms with van der Waals surface area (Å²) in [7, 11) is 0. The van der Waals surface area contributed by atoms with Gasteiger partial charge in [-0.25, -0.2) is 9.37 Å². The fraction of sp³-hybridized carbons (Fsp3) is 0.407. The average Bonchev–Trinajstić information content (AvgIpc) is 3.59. The lowest BCUT2D eigenvalue weighted by molar-refractivity contribution is 0.0935. The Morgan fingerprint density at radius 3 is 2.53 bits per heavy atom. The van der Waals surface area contributed by atoms with Crippen molar-refractivity contribution in [1.82, 2.24) is 14.9 Å². The predicted molar refractivity (Wildman–Crippen MR) is 136 cm³/mol. The molecule has 1 unspecified atom stereocenters. The van der Waals surface area contributed by atoms with Crippen LogP contribution in [0.25, 0.3) is 10.9 Å². The molecule has 0 bridgehead atoms. The molecule has 9 heteroatoms. The topological polar surface area (TPSA) is 90.3 Å². The molecule has 1 atom stereocenters. The minimum absolute atomic E-state index is 0.0387. The normalized spacial score (nSPS) is 18.1. The van der Waals surface area contributed by atoms with Crippen LogP contribution in [0.4, 0.5) is 4.39 Å². The smallest absolute Gasteiger partial charge is 0.262 e. The van der Waals surface area contributed by atoms with Crippen LogP contribution in [0.15, 0.2) is 52.4 Å². The number of benzene rings is 2. The molecule has 36 heavy (non-hydrogen) atoms. The number of Topliss-reactive ketones (excluding diaryl/α,β-unsaturated/α-hetero) is 1. The van der Waals surface area contributed by atoms with Crippen molar-refractivity contribution in [2.24, 2.45) is 0 Å². The third-order valence-electron chi connectivity index (χ3n) is 6.78. The van der Waals surface area contributed by atoms with Gasteiger partial charge in [-0.05, 0) is 68.1 Å². The molecule has 5 rings (SSSR count). The number of nitrogens with one attached hydrogen (secondary N) is 1. The molecule has 3 aromatic rings. The summed E-state index contributed by atoms with van der Waals surface area (Å²) in [6.45, 7) is 1.00. The monoisotopic (exact) mass is 509 g/mol. The standard InChI is InChI=1S/C27H28FN3O4S/c28-19-10-7-17(8-11-19)24(32)16-36-27-30-23-14-18(25(33)29-20-4-1-2-5-20)9-12-22(23)26(34)31(27)15-21-6-3-13-35-21/h7-12,14,20-21H,1-6,13,15-16H2,(H,29,33). The number of rotatable bonds is 8. The number of ketones is 1. The Kier molecular flexibility index (Phi) is 7.48. The fourth-order valence-electron chi connectivity index (χ4n) is 4.79. The Hall–Kier alpha value is -3.04. The van der Waals surface area contributed by atoms with Crippen LogP contribution in [0.2, 0.25) is 0 Å². The highest BCUT2D eigenvalue weighted by atomic mass is 32.2. The van der Waals surface area contributed by atoms with E-state index in [0.29, 0.717) is 40.3 Å². The number of nitrogens with zero attached hydrogens (tertiary/aromatic N) is 2. The number of hydrogen-bond acceptors (Lipinski definition) is 6. The predicted octanol–water partition coefficient (Wildman–Crippen LogP) is 4.36. The quantitative estimate of drug-likeness (QED) is 0.276. The van der Waals surface area contributed by atoms with Gasteiger partial charge in [0.25, 0.3) is 11.5 Å². The number of hydrogen-bond donors (Lipinski definition) is 1. The Balaban J connectivity index is 1.44. The summed E-state index contributed by atoms with van der Waals surface area (Å²) in [5.41, 5.74) is 1.04. The van der Waals surface area contributed by atoms with Gasteiger partial charge >= 0.3 is 0 Å². The number of amides is 1. The number of fused-ring (bicyclic) bond motifs is 1. The third kappa shape index (κ3) is 5.52. The Bertz CT molecular complexity index is 1330. The van der Waals surface area contributed by atoms with Gasteiger partial charge in [0.15, 0.2) is 10.9 Å². The zero-order chi connectivity index (χ0) is 25.1. The number of thioether (sulfide) groups is 1. The van der Waals surface area contributed by atoms with E-state index in [1.165, 1.54) is 24.3 Å². The summed E-state index contributed by atoms with van der Waals surface area (Å²) in [4.78, 5) is 43.7. The number of carbonyl (C=O) groups excluding carboxylic acids is 2. The molecule has 2 fully saturated rings. The van der Waals surface area contributed by atoms with E-state index in [9.17, 15) is 18.8 Å². The summed E-state index contributed by atoms with van der Waals surface area (Å²) in [6, 6.07) is 10.5. The highest BCUT2D eigenvalue weighted by Gasteiger charge is 2.22. The van der Waals surface area contributed by atoms with Crippen molar-refractivity contribution < 1.29 is 18.7 Å². The molecule has 0 spiro atoms. The Morgan fingerprint density at radius 2 is 1.81 bits per heavy atom. The zero-order valence-electron chi connectivity index (χ0n) is 19.9. The molecule has 188 valence electrons. The summed E-state index contributed by atoms with van der Waals surface area (Å²) in [6.07, 6.45) is 5.89. The van der Waals surface area contributed by atoms with Gasteiger partial charge in [0.2, 0.25) is 0 Å². The van der Waals surface area contributed by atoms with Crippen molar-refractivity contribution in [2.45, 2.75) is 62.4 Å². The summed E-state index contributed by atoms with van der Waals surface area (Å²) >= 11 is 1.16. The van der Waals surface area contributed by atoms with Crippen LogP contribution < -0.4 is 10.9 Å². The van der Waals surface area contributed by atoms with Crippen molar-refractivity contribution in [1.29, 1.82) is 0 Å². The number of ether oxygens (including phenoxy) is 1. The Labute approximate surface area is 212 Å². The zero-order valence-corrected chi connectivity index (χ0v) is 20.7. The first-order chi connectivity index (χ1) is 17.5. The first-order valence-electron chi connectivity index (χ1n) is 12.4. The molecule has 2 aromatic carbocycles. The van der Waals surface area contributed by atoms with E-state index < -0.39 is 5.82 Å². The van der Waals surface area contributed by atoms with Gasteiger partial charge in [0.05, 0.1) is 29.3 Å². The second kappa shape index (κ2) is 10.9. The molecule has 0 radical (unpaired) electrons. The van der Waals surface area contributed by atoms with Crippen LogP contribution in [0.3, 0.4) is 0 Å². The van der Waals surface area contributed by atoms with E-state index in [0.717, 1.165) is 50.3 Å². The Morgan fingerprint density at radius 1 is 1.06 bits per heavy atom. The van der Waals surface area contributed by atoms with Crippen molar-refractivity contribution in [3.63, 3.8) is 0 Å². The van der Waals surface area contributed by atoms with Crippen molar-refractivity contribution in [3.8, 4) is 0 Å². The van der Waals surface area contributed by atoms with Crippen molar-refractivity contribution >= 4 is 34.4 Å². The molecule has 1 saturated carbocycles. The van der Waals surface area contributed by atoms with Crippen LogP contribution in [-0.4, -0.2) is 45.7 Å². The minimum atomic E-state index is -0.409. The second-order valence-electron chi connectivity index (χ2n) is 9.35. The van der Waals surface area contributed by atoms with Crippen molar-refractivity contribution in [2.75, 3.05) is 12.4 Å². The maximum absolute atomic E-state index is 13.5. The van der Waals surface area contributed by atoms with Crippen LogP contribution in [0, 0.1) is 5.82 Å². The first-order valence-corrected chi connectivity index (χ1v) is 13.3. The lowest BCUT2D eigenvalue weighted by atomic mass is 10.1. The van der Waals surface area contributed by atoms with Crippen LogP contribution in [0.1, 0.15) is 59.2 Å². The summed E-state index contributed by atoms with van der Waals surface area (Å²) in [5.74, 6) is -0.733. The van der Waals surface area contributed by atoms with Gasteiger partial charge in [0.1, 0.15) is 5.82 Å². The fourth-order valence-corrected chi connectivity index (χ4v) is 5.70. The van der Waals surface area contributed by atoms with Crippen LogP contribution in [-0.2, 0) is 11.3 Å². The van der Waals surface area contributed by atoms with Gasteiger partial charge < -0.3 is 10.1 Å². The number of carbonyl (C=O) groups is 2. The van der Waals surface area contributed by atoms with E-state index in [2.05, 4.69) is 5.32 Å². The van der Waals surface area contributed by atoms with E-state index >= 15 is 0 Å². The van der Waals surface area contributed by atoms with E-state index in [-0.39, 0.29) is 35.1 Å². The molecule has 1 aliphatic heterocycles. The lowest BCUT2D eigenvalue weighted by Gasteiger charge is -2.17. The van der Waals surface area contributed by atoms with Crippen LogP contribution in [0.5, 0.6) is 0 Å². The first kappa shape index (κ1) is 24.6. The van der Waals surface area contributed by atoms with Gasteiger partial charge in [-0.3, -0.25) is 19.0 Å². The SMILES string of the molecule is O=C(CSc1nc2cc(C(=O)NC3CCCC3)ccc2c(=O)n1CC1CCCO1)c1ccc(F)cc1. The third-order valence-corrected chi connectivity index (χ3v) is 7.76. The highest BCUT2D eigenvalue weighted by Crippen LogP contribution is 2.23. The van der Waals surface area contributed by atoms with Gasteiger partial charge in [0, 0.05) is 23.8 Å².